The molecule has 11 heteroatoms. The predicted octanol–water partition coefficient (Wildman–Crippen LogP) is 4.48. The van der Waals surface area contributed by atoms with Gasteiger partial charge in [-0.2, -0.15) is 4.98 Å². The number of hydrogen-bond donors (Lipinski definition) is 3. The number of nitrogens with one attached hydrogen (secondary N) is 2. The SMILES string of the molecule is Cc1ccc(F)c(Nc2nc3cnc(NC4CCOCC4)nc3n2C2CCC(C(N)=O)CC2)c1Cl. The Balaban J connectivity index is 1.53. The van der Waals surface area contributed by atoms with E-state index in [9.17, 15) is 9.18 Å². The van der Waals surface area contributed by atoms with Crippen LogP contribution in [0.2, 0.25) is 5.02 Å². The molecule has 1 saturated heterocycles. The number of ether oxygens (including phenoxy) is 1. The second-order valence-electron chi connectivity index (χ2n) is 9.32. The highest BCUT2D eigenvalue weighted by molar-refractivity contribution is 6.34. The van der Waals surface area contributed by atoms with Crippen molar-refractivity contribution in [1.29, 1.82) is 0 Å². The number of hydrogen-bond acceptors (Lipinski definition) is 7. The molecule has 3 heterocycles. The number of fused-ring (bicyclic) bond motifs is 1. The summed E-state index contributed by atoms with van der Waals surface area (Å²) in [6, 6.07) is 3.26. The zero-order chi connectivity index (χ0) is 24.5. The standard InChI is InChI=1S/C24H29ClFN7O2/c1-13-2-7-17(26)20(19(13)25)31-24-30-18-12-28-23(29-15-8-10-35-11-9-15)32-22(18)33(24)16-5-3-14(4-6-16)21(27)34/h2,7,12,14-16H,3-6,8-11H2,1H3,(H2,27,34)(H,30,31)(H,28,29,32). The summed E-state index contributed by atoms with van der Waals surface area (Å²) in [6.07, 6.45) is 6.25. The van der Waals surface area contributed by atoms with E-state index in [0.29, 0.717) is 54.1 Å². The number of rotatable bonds is 6. The van der Waals surface area contributed by atoms with Crippen LogP contribution in [0, 0.1) is 18.7 Å². The molecule has 0 spiro atoms. The molecule has 186 valence electrons. The highest BCUT2D eigenvalue weighted by Gasteiger charge is 2.29. The Kier molecular flexibility index (Phi) is 6.75. The first-order chi connectivity index (χ1) is 16.9. The van der Waals surface area contributed by atoms with Crippen LogP contribution in [0.25, 0.3) is 11.2 Å². The lowest BCUT2D eigenvalue weighted by Crippen LogP contribution is -2.29. The zero-order valence-electron chi connectivity index (χ0n) is 19.6. The van der Waals surface area contributed by atoms with Crippen LogP contribution >= 0.6 is 11.6 Å². The van der Waals surface area contributed by atoms with Gasteiger partial charge in [0.2, 0.25) is 17.8 Å². The van der Waals surface area contributed by atoms with E-state index in [4.69, 9.17) is 32.0 Å². The molecule has 4 N–H and O–H groups in total. The van der Waals surface area contributed by atoms with Crippen molar-refractivity contribution in [1.82, 2.24) is 19.5 Å². The van der Waals surface area contributed by atoms with Crippen LogP contribution in [-0.2, 0) is 9.53 Å². The Hall–Kier alpha value is -2.98. The molecular formula is C24H29ClFN7O2. The van der Waals surface area contributed by atoms with Crippen molar-refractivity contribution in [3.63, 3.8) is 0 Å². The zero-order valence-corrected chi connectivity index (χ0v) is 20.3. The van der Waals surface area contributed by atoms with Crippen LogP contribution in [0.3, 0.4) is 0 Å². The van der Waals surface area contributed by atoms with E-state index in [2.05, 4.69) is 15.6 Å². The average Bonchev–Trinajstić information content (AvgIpc) is 3.22. The molecular weight excluding hydrogens is 473 g/mol. The summed E-state index contributed by atoms with van der Waals surface area (Å²) in [4.78, 5) is 25.7. The molecule has 0 atom stereocenters. The normalized spacial score (nSPS) is 21.2. The van der Waals surface area contributed by atoms with Gasteiger partial charge in [0.05, 0.1) is 16.9 Å². The number of aromatic nitrogens is 4. The van der Waals surface area contributed by atoms with Gasteiger partial charge in [0.25, 0.3) is 0 Å². The predicted molar refractivity (Wildman–Crippen MR) is 132 cm³/mol. The maximum atomic E-state index is 14.7. The van der Waals surface area contributed by atoms with Gasteiger partial charge in [-0.1, -0.05) is 17.7 Å². The number of carbonyl (C=O) groups is 1. The Morgan fingerprint density at radius 1 is 1.17 bits per heavy atom. The van der Waals surface area contributed by atoms with E-state index in [-0.39, 0.29) is 29.6 Å². The van der Waals surface area contributed by atoms with E-state index in [1.165, 1.54) is 6.07 Å². The molecule has 1 amide bonds. The summed E-state index contributed by atoms with van der Waals surface area (Å²) in [5, 5.41) is 6.82. The number of benzene rings is 1. The number of halogens is 2. The van der Waals surface area contributed by atoms with E-state index in [1.807, 2.05) is 11.5 Å². The van der Waals surface area contributed by atoms with Crippen LogP contribution in [0.1, 0.15) is 50.1 Å². The molecule has 35 heavy (non-hydrogen) atoms. The molecule has 9 nitrogen and oxygen atoms in total. The quantitative estimate of drug-likeness (QED) is 0.455. The molecule has 1 saturated carbocycles. The van der Waals surface area contributed by atoms with Crippen LogP contribution in [0.5, 0.6) is 0 Å². The highest BCUT2D eigenvalue weighted by atomic mass is 35.5. The minimum absolute atomic E-state index is 0.00979. The van der Waals surface area contributed by atoms with Crippen molar-refractivity contribution < 1.29 is 13.9 Å². The van der Waals surface area contributed by atoms with E-state index in [1.54, 1.807) is 12.3 Å². The minimum Gasteiger partial charge on any atom is -0.381 e. The summed E-state index contributed by atoms with van der Waals surface area (Å²) in [6.45, 7) is 3.23. The Morgan fingerprint density at radius 3 is 2.63 bits per heavy atom. The fourth-order valence-corrected chi connectivity index (χ4v) is 5.12. The molecule has 3 aromatic rings. The molecule has 1 aromatic carbocycles. The van der Waals surface area contributed by atoms with Gasteiger partial charge in [-0.25, -0.2) is 14.4 Å². The maximum Gasteiger partial charge on any atom is 0.224 e. The smallest absolute Gasteiger partial charge is 0.224 e. The van der Waals surface area contributed by atoms with Gasteiger partial charge in [-0.3, -0.25) is 9.36 Å². The molecule has 2 fully saturated rings. The summed E-state index contributed by atoms with van der Waals surface area (Å²) < 4.78 is 22.2. The lowest BCUT2D eigenvalue weighted by Gasteiger charge is -2.29. The summed E-state index contributed by atoms with van der Waals surface area (Å²) in [5.74, 6) is 0.0800. The molecule has 0 unspecified atom stereocenters. The number of nitrogens with two attached hydrogens (primary N) is 1. The van der Waals surface area contributed by atoms with Gasteiger partial charge in [-0.05, 0) is 57.1 Å². The van der Waals surface area contributed by atoms with Gasteiger partial charge in [-0.15, -0.1) is 0 Å². The summed E-state index contributed by atoms with van der Waals surface area (Å²) in [5.41, 5.74) is 7.70. The molecule has 5 rings (SSSR count). The van der Waals surface area contributed by atoms with Crippen LogP contribution < -0.4 is 16.4 Å². The van der Waals surface area contributed by atoms with Crippen molar-refractivity contribution >= 4 is 46.3 Å². The van der Waals surface area contributed by atoms with Crippen molar-refractivity contribution in [2.75, 3.05) is 23.8 Å². The lowest BCUT2D eigenvalue weighted by atomic mass is 9.85. The Morgan fingerprint density at radius 2 is 1.91 bits per heavy atom. The molecule has 2 aromatic heterocycles. The van der Waals surface area contributed by atoms with Crippen molar-refractivity contribution in [3.8, 4) is 0 Å². The fourth-order valence-electron chi connectivity index (χ4n) is 4.92. The first kappa shape index (κ1) is 23.7. The number of aryl methyl sites for hydroxylation is 1. The van der Waals surface area contributed by atoms with Gasteiger partial charge >= 0.3 is 0 Å². The topological polar surface area (TPSA) is 120 Å². The first-order valence-corrected chi connectivity index (χ1v) is 12.4. The molecule has 1 aliphatic carbocycles. The Bertz CT molecular complexity index is 1240. The highest BCUT2D eigenvalue weighted by Crippen LogP contribution is 2.38. The van der Waals surface area contributed by atoms with Crippen LogP contribution in [0.15, 0.2) is 18.3 Å². The second kappa shape index (κ2) is 9.94. The number of carbonyl (C=O) groups excluding carboxylic acids is 1. The molecule has 2 aliphatic rings. The monoisotopic (exact) mass is 501 g/mol. The number of anilines is 3. The van der Waals surface area contributed by atoms with E-state index >= 15 is 0 Å². The second-order valence-corrected chi connectivity index (χ2v) is 9.70. The Labute approximate surface area is 207 Å². The number of amides is 1. The minimum atomic E-state index is -0.468. The number of nitrogens with zero attached hydrogens (tertiary/aromatic N) is 4. The van der Waals surface area contributed by atoms with Gasteiger partial charge in [0.15, 0.2) is 5.65 Å². The largest absolute Gasteiger partial charge is 0.381 e. The molecule has 0 radical (unpaired) electrons. The first-order valence-electron chi connectivity index (χ1n) is 12.0. The average molecular weight is 502 g/mol. The lowest BCUT2D eigenvalue weighted by molar-refractivity contribution is -0.122. The van der Waals surface area contributed by atoms with Crippen molar-refractivity contribution in [2.24, 2.45) is 11.7 Å². The third-order valence-electron chi connectivity index (χ3n) is 6.97. The van der Waals surface area contributed by atoms with Crippen molar-refractivity contribution in [2.45, 2.75) is 57.5 Å². The summed E-state index contributed by atoms with van der Waals surface area (Å²) >= 11 is 6.43. The third-order valence-corrected chi connectivity index (χ3v) is 7.46. The van der Waals surface area contributed by atoms with Gasteiger partial charge in [0, 0.05) is 31.2 Å². The van der Waals surface area contributed by atoms with Crippen LogP contribution in [0.4, 0.5) is 22.0 Å². The molecule has 0 bridgehead atoms. The third kappa shape index (κ3) is 4.90. The van der Waals surface area contributed by atoms with Gasteiger partial charge < -0.3 is 21.1 Å². The van der Waals surface area contributed by atoms with E-state index in [0.717, 1.165) is 31.2 Å². The maximum absolute atomic E-state index is 14.7. The van der Waals surface area contributed by atoms with E-state index < -0.39 is 5.82 Å². The number of primary amides is 1. The van der Waals surface area contributed by atoms with Crippen molar-refractivity contribution in [3.05, 3.63) is 34.7 Å². The van der Waals surface area contributed by atoms with Gasteiger partial charge in [0.1, 0.15) is 11.3 Å². The fraction of sp³-hybridized carbons (Fsp3) is 0.500. The van der Waals surface area contributed by atoms with Crippen LogP contribution in [-0.4, -0.2) is 44.7 Å². The summed E-state index contributed by atoms with van der Waals surface area (Å²) in [7, 11) is 0. The molecule has 1 aliphatic heterocycles. The number of imidazole rings is 1.